The van der Waals surface area contributed by atoms with Crippen LogP contribution in [0.25, 0.3) is 0 Å². The van der Waals surface area contributed by atoms with Crippen LogP contribution in [0, 0.1) is 0 Å². The highest BCUT2D eigenvalue weighted by Crippen LogP contribution is 2.19. The fourth-order valence-corrected chi connectivity index (χ4v) is 4.14. The molecule has 0 radical (unpaired) electrons. The van der Waals surface area contributed by atoms with Gasteiger partial charge in [0.2, 0.25) is 0 Å². The van der Waals surface area contributed by atoms with E-state index in [9.17, 15) is 8.42 Å². The molecule has 5 heteroatoms. The number of hydrogen-bond donors (Lipinski definition) is 0. The molecular formula is C11H22N2O2S. The van der Waals surface area contributed by atoms with Crippen LogP contribution in [-0.4, -0.2) is 69.0 Å². The van der Waals surface area contributed by atoms with Crippen LogP contribution in [0.15, 0.2) is 0 Å². The van der Waals surface area contributed by atoms with Gasteiger partial charge < -0.3 is 4.90 Å². The van der Waals surface area contributed by atoms with E-state index in [1.54, 1.807) is 0 Å². The minimum absolute atomic E-state index is 0.393. The maximum atomic E-state index is 11.4. The quantitative estimate of drug-likeness (QED) is 0.663. The molecule has 0 aromatic heterocycles. The van der Waals surface area contributed by atoms with Gasteiger partial charge in [-0.05, 0) is 39.4 Å². The molecule has 0 atom stereocenters. The molecule has 2 rings (SSSR count). The molecule has 2 saturated heterocycles. The van der Waals surface area contributed by atoms with E-state index in [0.29, 0.717) is 17.5 Å². The lowest BCUT2D eigenvalue weighted by atomic mass is 10.1. The summed E-state index contributed by atoms with van der Waals surface area (Å²) >= 11 is 0. The Morgan fingerprint density at radius 1 is 1.00 bits per heavy atom. The first kappa shape index (κ1) is 12.3. The first-order chi connectivity index (χ1) is 7.57. The highest BCUT2D eigenvalue weighted by molar-refractivity contribution is 7.91. The summed E-state index contributed by atoms with van der Waals surface area (Å²) in [5.41, 5.74) is 0. The highest BCUT2D eigenvalue weighted by Gasteiger charge is 2.28. The van der Waals surface area contributed by atoms with Crippen LogP contribution in [0.3, 0.4) is 0 Å². The topological polar surface area (TPSA) is 40.6 Å². The molecule has 4 nitrogen and oxygen atoms in total. The average Bonchev–Trinajstić information content (AvgIpc) is 2.43. The molecule has 0 N–H and O–H groups in total. The van der Waals surface area contributed by atoms with Gasteiger partial charge in [-0.25, -0.2) is 8.42 Å². The highest BCUT2D eigenvalue weighted by atomic mass is 32.2. The smallest absolute Gasteiger partial charge is 0.150 e. The summed E-state index contributed by atoms with van der Waals surface area (Å²) in [5, 5.41) is 0. The van der Waals surface area contributed by atoms with Crippen molar-refractivity contribution in [2.24, 2.45) is 0 Å². The molecular weight excluding hydrogens is 224 g/mol. The molecule has 0 amide bonds. The third-order valence-corrected chi connectivity index (χ3v) is 5.51. The van der Waals surface area contributed by atoms with Gasteiger partial charge in [-0.3, -0.25) is 4.90 Å². The molecule has 2 heterocycles. The fraction of sp³-hybridized carbons (Fsp3) is 1.00. The van der Waals surface area contributed by atoms with Gasteiger partial charge in [-0.2, -0.15) is 0 Å². The number of rotatable bonds is 1. The fourth-order valence-electron chi connectivity index (χ4n) is 2.67. The Hall–Kier alpha value is -0.130. The first-order valence-corrected chi connectivity index (χ1v) is 8.02. The van der Waals surface area contributed by atoms with Crippen molar-refractivity contribution in [2.75, 3.05) is 44.7 Å². The Morgan fingerprint density at radius 3 is 2.38 bits per heavy atom. The van der Waals surface area contributed by atoms with Crippen LogP contribution in [0.2, 0.25) is 0 Å². The second-order valence-corrected chi connectivity index (χ2v) is 7.38. The van der Waals surface area contributed by atoms with Crippen molar-refractivity contribution in [3.63, 3.8) is 0 Å². The van der Waals surface area contributed by atoms with Gasteiger partial charge in [-0.1, -0.05) is 0 Å². The molecule has 2 aliphatic heterocycles. The van der Waals surface area contributed by atoms with E-state index in [1.165, 1.54) is 13.0 Å². The minimum Gasteiger partial charge on any atom is -0.305 e. The monoisotopic (exact) mass is 246 g/mol. The van der Waals surface area contributed by atoms with Gasteiger partial charge in [0.25, 0.3) is 0 Å². The van der Waals surface area contributed by atoms with Crippen molar-refractivity contribution >= 4 is 9.84 Å². The van der Waals surface area contributed by atoms with Crippen molar-refractivity contribution in [1.29, 1.82) is 0 Å². The Bertz CT molecular complexity index is 315. The van der Waals surface area contributed by atoms with Crippen LogP contribution in [0.5, 0.6) is 0 Å². The Labute approximate surface area is 98.5 Å². The van der Waals surface area contributed by atoms with Crippen LogP contribution in [0.1, 0.15) is 19.3 Å². The second-order valence-electron chi connectivity index (χ2n) is 5.08. The normalized spacial score (nSPS) is 30.1. The van der Waals surface area contributed by atoms with Gasteiger partial charge in [0.05, 0.1) is 11.5 Å². The molecule has 2 fully saturated rings. The molecule has 0 unspecified atom stereocenters. The maximum absolute atomic E-state index is 11.4. The van der Waals surface area contributed by atoms with E-state index in [0.717, 1.165) is 32.5 Å². The number of nitrogens with zero attached hydrogens (tertiary/aromatic N) is 2. The first-order valence-electron chi connectivity index (χ1n) is 6.20. The van der Waals surface area contributed by atoms with Crippen LogP contribution in [0.4, 0.5) is 0 Å². The predicted molar refractivity (Wildman–Crippen MR) is 65.4 cm³/mol. The second kappa shape index (κ2) is 5.02. The summed E-state index contributed by atoms with van der Waals surface area (Å²) in [5.74, 6) is 0.786. The van der Waals surface area contributed by atoms with Crippen molar-refractivity contribution in [3.8, 4) is 0 Å². The minimum atomic E-state index is -2.71. The lowest BCUT2D eigenvalue weighted by molar-refractivity contribution is 0.189. The van der Waals surface area contributed by atoms with Crippen LogP contribution < -0.4 is 0 Å². The summed E-state index contributed by atoms with van der Waals surface area (Å²) in [6.45, 7) is 4.51. The summed E-state index contributed by atoms with van der Waals surface area (Å²) in [7, 11) is -0.550. The van der Waals surface area contributed by atoms with Crippen molar-refractivity contribution in [2.45, 2.75) is 25.3 Å². The maximum Gasteiger partial charge on any atom is 0.150 e. The SMILES string of the molecule is CN1CCCN(C2CCS(=O)(=O)CC2)CC1. The number of sulfone groups is 1. The third kappa shape index (κ3) is 3.18. The Balaban J connectivity index is 1.88. The standard InChI is InChI=1S/C11H22N2O2S/c1-12-5-2-6-13(8-7-12)11-3-9-16(14,15)10-4-11/h11H,2-10H2,1H3. The molecule has 0 aromatic carbocycles. The zero-order valence-corrected chi connectivity index (χ0v) is 10.9. The Kier molecular flexibility index (Phi) is 3.87. The van der Waals surface area contributed by atoms with Crippen LogP contribution in [-0.2, 0) is 9.84 Å². The van der Waals surface area contributed by atoms with Gasteiger partial charge in [0.15, 0.2) is 0 Å². The van der Waals surface area contributed by atoms with E-state index in [1.807, 2.05) is 0 Å². The lowest BCUT2D eigenvalue weighted by Crippen LogP contribution is -2.42. The number of hydrogen-bond acceptors (Lipinski definition) is 4. The Morgan fingerprint density at radius 2 is 1.69 bits per heavy atom. The molecule has 0 bridgehead atoms. The molecule has 2 aliphatic rings. The molecule has 0 aromatic rings. The average molecular weight is 246 g/mol. The van der Waals surface area contributed by atoms with Crippen LogP contribution >= 0.6 is 0 Å². The zero-order valence-electron chi connectivity index (χ0n) is 10.1. The molecule has 0 aliphatic carbocycles. The van der Waals surface area contributed by atoms with E-state index < -0.39 is 9.84 Å². The lowest BCUT2D eigenvalue weighted by Gasteiger charge is -2.33. The van der Waals surface area contributed by atoms with E-state index in [-0.39, 0.29) is 0 Å². The number of likely N-dealkylation sites (N-methyl/N-ethyl adjacent to an activating group) is 1. The molecule has 0 saturated carbocycles. The summed E-state index contributed by atoms with van der Waals surface area (Å²) in [6, 6.07) is 0.509. The van der Waals surface area contributed by atoms with Crippen molar-refractivity contribution < 1.29 is 8.42 Å². The van der Waals surface area contributed by atoms with Crippen molar-refractivity contribution in [3.05, 3.63) is 0 Å². The van der Waals surface area contributed by atoms with Gasteiger partial charge >= 0.3 is 0 Å². The third-order valence-electron chi connectivity index (χ3n) is 3.79. The largest absolute Gasteiger partial charge is 0.305 e. The van der Waals surface area contributed by atoms with Gasteiger partial charge in [0, 0.05) is 19.1 Å². The molecule has 16 heavy (non-hydrogen) atoms. The summed E-state index contributed by atoms with van der Waals surface area (Å²) in [6.07, 6.45) is 2.89. The van der Waals surface area contributed by atoms with Crippen molar-refractivity contribution in [1.82, 2.24) is 9.80 Å². The van der Waals surface area contributed by atoms with E-state index in [4.69, 9.17) is 0 Å². The predicted octanol–water partition coefficient (Wildman–Crippen LogP) is 0.201. The van der Waals surface area contributed by atoms with E-state index >= 15 is 0 Å². The molecule has 94 valence electrons. The van der Waals surface area contributed by atoms with Gasteiger partial charge in [0.1, 0.15) is 9.84 Å². The summed E-state index contributed by atoms with van der Waals surface area (Å²) in [4.78, 5) is 4.86. The van der Waals surface area contributed by atoms with Gasteiger partial charge in [-0.15, -0.1) is 0 Å². The molecule has 0 spiro atoms. The summed E-state index contributed by atoms with van der Waals surface area (Å²) < 4.78 is 22.7. The van der Waals surface area contributed by atoms with E-state index in [2.05, 4.69) is 16.8 Å². The zero-order chi connectivity index (χ0) is 11.6.